The van der Waals surface area contributed by atoms with E-state index in [-0.39, 0.29) is 12.3 Å². The molecule has 11 heavy (non-hydrogen) atoms. The zero-order valence-corrected chi connectivity index (χ0v) is 5.79. The Balaban J connectivity index is 2.45. The summed E-state index contributed by atoms with van der Waals surface area (Å²) in [7, 11) is 0. The lowest BCUT2D eigenvalue weighted by Gasteiger charge is -1.95. The van der Waals surface area contributed by atoms with Gasteiger partial charge in [-0.3, -0.25) is 4.79 Å². The number of nitriles is 1. The Morgan fingerprint density at radius 2 is 2.64 bits per heavy atom. The summed E-state index contributed by atoms with van der Waals surface area (Å²) < 4.78 is 0. The Morgan fingerprint density at radius 1 is 1.82 bits per heavy atom. The molecule has 56 valence electrons. The number of aromatic amines is 1. The SMILES string of the molecule is N#CCC(=O)Nc1cc[nH]c1. The van der Waals surface area contributed by atoms with E-state index in [1.807, 2.05) is 0 Å². The summed E-state index contributed by atoms with van der Waals surface area (Å²) in [6.07, 6.45) is 3.24. The van der Waals surface area contributed by atoms with Crippen LogP contribution in [0, 0.1) is 11.3 Å². The summed E-state index contributed by atoms with van der Waals surface area (Å²) in [6.45, 7) is 0. The zero-order valence-electron chi connectivity index (χ0n) is 5.79. The molecule has 0 saturated carbocycles. The van der Waals surface area contributed by atoms with E-state index < -0.39 is 0 Å². The minimum absolute atomic E-state index is 0.106. The van der Waals surface area contributed by atoms with Crippen LogP contribution < -0.4 is 5.32 Å². The molecule has 4 nitrogen and oxygen atoms in total. The maximum absolute atomic E-state index is 10.8. The predicted octanol–water partition coefficient (Wildman–Crippen LogP) is 0.867. The van der Waals surface area contributed by atoms with Gasteiger partial charge in [0.25, 0.3) is 0 Å². The minimum Gasteiger partial charge on any atom is -0.366 e. The maximum Gasteiger partial charge on any atom is 0.238 e. The molecule has 0 atom stereocenters. The van der Waals surface area contributed by atoms with Crippen molar-refractivity contribution in [3.05, 3.63) is 18.5 Å². The van der Waals surface area contributed by atoms with Gasteiger partial charge < -0.3 is 10.3 Å². The summed E-state index contributed by atoms with van der Waals surface area (Å²) in [5.41, 5.74) is 0.685. The van der Waals surface area contributed by atoms with E-state index in [9.17, 15) is 4.79 Å². The highest BCUT2D eigenvalue weighted by Crippen LogP contribution is 2.03. The molecule has 1 rings (SSSR count). The zero-order chi connectivity index (χ0) is 8.10. The molecule has 0 aliphatic rings. The molecule has 0 bridgehead atoms. The van der Waals surface area contributed by atoms with Crippen molar-refractivity contribution in [3.63, 3.8) is 0 Å². The maximum atomic E-state index is 10.8. The quantitative estimate of drug-likeness (QED) is 0.655. The van der Waals surface area contributed by atoms with Crippen molar-refractivity contribution in [1.29, 1.82) is 5.26 Å². The molecule has 1 heterocycles. The monoisotopic (exact) mass is 149 g/mol. The van der Waals surface area contributed by atoms with Crippen LogP contribution in [0.1, 0.15) is 6.42 Å². The number of amides is 1. The standard InChI is InChI=1S/C7H7N3O/c8-3-1-7(11)10-6-2-4-9-5-6/h2,4-5,9H,1H2,(H,10,11). The van der Waals surface area contributed by atoms with Gasteiger partial charge >= 0.3 is 0 Å². The van der Waals surface area contributed by atoms with Crippen LogP contribution in [-0.2, 0) is 4.79 Å². The van der Waals surface area contributed by atoms with Crippen molar-refractivity contribution in [2.24, 2.45) is 0 Å². The number of nitrogens with zero attached hydrogens (tertiary/aromatic N) is 1. The number of H-pyrrole nitrogens is 1. The van der Waals surface area contributed by atoms with Crippen LogP contribution >= 0.6 is 0 Å². The first-order valence-corrected chi connectivity index (χ1v) is 3.12. The fourth-order valence-corrected chi connectivity index (χ4v) is 0.679. The van der Waals surface area contributed by atoms with Gasteiger partial charge in [0.05, 0.1) is 11.8 Å². The highest BCUT2D eigenvalue weighted by atomic mass is 16.1. The van der Waals surface area contributed by atoms with Crippen molar-refractivity contribution in [1.82, 2.24) is 4.98 Å². The summed E-state index contributed by atoms with van der Waals surface area (Å²) in [6, 6.07) is 3.48. The molecule has 0 unspecified atom stereocenters. The van der Waals surface area contributed by atoms with Gasteiger partial charge in [0.1, 0.15) is 6.42 Å². The number of hydrogen-bond acceptors (Lipinski definition) is 2. The Bertz CT molecular complexity index is 270. The molecule has 4 heteroatoms. The van der Waals surface area contributed by atoms with Crippen molar-refractivity contribution in [2.75, 3.05) is 5.32 Å². The molecule has 0 saturated heterocycles. The average molecular weight is 149 g/mol. The second-order valence-electron chi connectivity index (χ2n) is 1.98. The van der Waals surface area contributed by atoms with Gasteiger partial charge in [0.15, 0.2) is 0 Å². The number of aromatic nitrogens is 1. The third kappa shape index (κ3) is 2.14. The molecule has 0 aliphatic carbocycles. The van der Waals surface area contributed by atoms with Gasteiger partial charge in [0.2, 0.25) is 5.91 Å². The third-order valence-electron chi connectivity index (χ3n) is 1.12. The van der Waals surface area contributed by atoms with Gasteiger partial charge in [0, 0.05) is 12.4 Å². The molecule has 0 fully saturated rings. The Morgan fingerprint density at radius 3 is 3.18 bits per heavy atom. The third-order valence-corrected chi connectivity index (χ3v) is 1.12. The lowest BCUT2D eigenvalue weighted by Crippen LogP contribution is -2.09. The number of carbonyl (C=O) groups excluding carboxylic acids is 1. The number of rotatable bonds is 2. The van der Waals surface area contributed by atoms with Crippen molar-refractivity contribution in [3.8, 4) is 6.07 Å². The molecule has 1 aromatic heterocycles. The van der Waals surface area contributed by atoms with Crippen LogP contribution in [-0.4, -0.2) is 10.9 Å². The van der Waals surface area contributed by atoms with Gasteiger partial charge in [-0.15, -0.1) is 0 Å². The highest BCUT2D eigenvalue weighted by Gasteiger charge is 1.99. The van der Waals surface area contributed by atoms with Crippen molar-refractivity contribution in [2.45, 2.75) is 6.42 Å². The molecule has 0 aliphatic heterocycles. The first kappa shape index (κ1) is 7.35. The van der Waals surface area contributed by atoms with Crippen LogP contribution in [0.25, 0.3) is 0 Å². The molecule has 0 radical (unpaired) electrons. The lowest BCUT2D eigenvalue weighted by molar-refractivity contribution is -0.115. The van der Waals surface area contributed by atoms with E-state index in [0.717, 1.165) is 0 Å². The molecule has 0 aromatic carbocycles. The fourth-order valence-electron chi connectivity index (χ4n) is 0.679. The van der Waals surface area contributed by atoms with Gasteiger partial charge in [-0.25, -0.2) is 0 Å². The van der Waals surface area contributed by atoms with E-state index in [2.05, 4.69) is 10.3 Å². The van der Waals surface area contributed by atoms with Crippen LogP contribution in [0.4, 0.5) is 5.69 Å². The minimum atomic E-state index is -0.285. The average Bonchev–Trinajstić information content (AvgIpc) is 2.40. The van der Waals surface area contributed by atoms with Crippen LogP contribution in [0.15, 0.2) is 18.5 Å². The van der Waals surface area contributed by atoms with Crippen LogP contribution in [0.3, 0.4) is 0 Å². The van der Waals surface area contributed by atoms with Crippen LogP contribution in [0.5, 0.6) is 0 Å². The number of carbonyl (C=O) groups is 1. The number of nitrogens with one attached hydrogen (secondary N) is 2. The summed E-state index contributed by atoms with van der Waals surface area (Å²) in [5, 5.41) is 10.7. The summed E-state index contributed by atoms with van der Waals surface area (Å²) in [4.78, 5) is 13.5. The summed E-state index contributed by atoms with van der Waals surface area (Å²) >= 11 is 0. The predicted molar refractivity (Wildman–Crippen MR) is 39.7 cm³/mol. The Hall–Kier alpha value is -1.76. The normalized spacial score (nSPS) is 8.64. The van der Waals surface area contributed by atoms with E-state index in [4.69, 9.17) is 5.26 Å². The molecular weight excluding hydrogens is 142 g/mol. The second kappa shape index (κ2) is 3.42. The number of hydrogen-bond donors (Lipinski definition) is 2. The Kier molecular flexibility index (Phi) is 2.28. The topological polar surface area (TPSA) is 68.7 Å². The fraction of sp³-hybridized carbons (Fsp3) is 0.143. The van der Waals surface area contributed by atoms with E-state index in [0.29, 0.717) is 5.69 Å². The van der Waals surface area contributed by atoms with Gasteiger partial charge in [-0.1, -0.05) is 0 Å². The van der Waals surface area contributed by atoms with Crippen molar-refractivity contribution < 1.29 is 4.79 Å². The first-order valence-electron chi connectivity index (χ1n) is 3.12. The highest BCUT2D eigenvalue weighted by molar-refractivity contribution is 5.91. The second-order valence-corrected chi connectivity index (χ2v) is 1.98. The van der Waals surface area contributed by atoms with Gasteiger partial charge in [-0.2, -0.15) is 5.26 Å². The first-order chi connectivity index (χ1) is 5.33. The largest absolute Gasteiger partial charge is 0.366 e. The molecule has 2 N–H and O–H groups in total. The number of anilines is 1. The molecule has 1 amide bonds. The van der Waals surface area contributed by atoms with E-state index in [1.54, 1.807) is 24.5 Å². The van der Waals surface area contributed by atoms with Crippen molar-refractivity contribution >= 4 is 11.6 Å². The molecular formula is C7H7N3O. The van der Waals surface area contributed by atoms with E-state index in [1.165, 1.54) is 0 Å². The molecule has 0 spiro atoms. The lowest BCUT2D eigenvalue weighted by atomic mass is 10.4. The van der Waals surface area contributed by atoms with Gasteiger partial charge in [-0.05, 0) is 6.07 Å². The summed E-state index contributed by atoms with van der Waals surface area (Å²) in [5.74, 6) is -0.285. The smallest absolute Gasteiger partial charge is 0.238 e. The van der Waals surface area contributed by atoms with E-state index >= 15 is 0 Å². The van der Waals surface area contributed by atoms with Crippen LogP contribution in [0.2, 0.25) is 0 Å². The molecule has 1 aromatic rings. The Labute approximate surface area is 63.8 Å².